The average Bonchev–Trinajstić information content (AvgIpc) is 3.75. The number of amides is 1. The van der Waals surface area contributed by atoms with Gasteiger partial charge in [0, 0.05) is 19.0 Å². The van der Waals surface area contributed by atoms with Crippen molar-refractivity contribution in [2.75, 3.05) is 19.0 Å². The van der Waals surface area contributed by atoms with Crippen LogP contribution < -0.4 is 15.6 Å². The van der Waals surface area contributed by atoms with Crippen LogP contribution in [0.1, 0.15) is 79.5 Å². The van der Waals surface area contributed by atoms with Gasteiger partial charge in [-0.25, -0.2) is 0 Å². The van der Waals surface area contributed by atoms with Gasteiger partial charge in [0.05, 0.1) is 31.8 Å². The number of aryl methyl sites for hydroxylation is 1. The standard InChI is InChI=1S/C40H44N4O7/c1-26-23-44(37-36(26)38(48)43-39(42-37)41-34(47)12-8-7-9-27(2)46)35-22-21-33(51-35)25-50-40(29-10-5-4-6-11-29,30-15-13-28(24-45)14-16-30)31-17-19-32(49-3)20-18-31/h4-6,10-11,13-20,23,33,35,45H,7-9,12,21-22,24-25H2,1-3H3,(H2,41,42,43,47,48)/t33-,35+,40?/m0/s1. The van der Waals surface area contributed by atoms with Crippen molar-refractivity contribution < 1.29 is 28.9 Å². The van der Waals surface area contributed by atoms with Crippen LogP contribution in [0.25, 0.3) is 11.0 Å². The van der Waals surface area contributed by atoms with Crippen molar-refractivity contribution in [1.29, 1.82) is 0 Å². The lowest BCUT2D eigenvalue weighted by atomic mass is 9.79. The van der Waals surface area contributed by atoms with Crippen molar-refractivity contribution in [3.8, 4) is 5.75 Å². The number of H-pyrrole nitrogens is 1. The van der Waals surface area contributed by atoms with Gasteiger partial charge in [-0.1, -0.05) is 66.7 Å². The number of carbonyl (C=O) groups is 2. The van der Waals surface area contributed by atoms with Gasteiger partial charge in [-0.3, -0.25) is 19.9 Å². The van der Waals surface area contributed by atoms with E-state index in [0.29, 0.717) is 43.1 Å². The van der Waals surface area contributed by atoms with E-state index in [1.165, 1.54) is 6.92 Å². The number of aromatic nitrogens is 3. The van der Waals surface area contributed by atoms with Gasteiger partial charge in [-0.15, -0.1) is 0 Å². The van der Waals surface area contributed by atoms with Crippen molar-refractivity contribution in [3.05, 3.63) is 123 Å². The van der Waals surface area contributed by atoms with Gasteiger partial charge in [0.25, 0.3) is 5.56 Å². The number of fused-ring (bicyclic) bond motifs is 1. The Morgan fingerprint density at radius 2 is 1.65 bits per heavy atom. The quantitative estimate of drug-likeness (QED) is 0.0856. The van der Waals surface area contributed by atoms with Gasteiger partial charge >= 0.3 is 0 Å². The molecule has 1 unspecified atom stereocenters. The van der Waals surface area contributed by atoms with E-state index < -0.39 is 11.8 Å². The summed E-state index contributed by atoms with van der Waals surface area (Å²) in [7, 11) is 1.63. The topological polar surface area (TPSA) is 145 Å². The maximum atomic E-state index is 13.1. The number of rotatable bonds is 15. The van der Waals surface area contributed by atoms with Gasteiger partial charge < -0.3 is 28.7 Å². The van der Waals surface area contributed by atoms with Crippen molar-refractivity contribution in [3.63, 3.8) is 0 Å². The van der Waals surface area contributed by atoms with Crippen LogP contribution >= 0.6 is 0 Å². The molecule has 3 N–H and O–H groups in total. The summed E-state index contributed by atoms with van der Waals surface area (Å²) < 4.78 is 21.0. The summed E-state index contributed by atoms with van der Waals surface area (Å²) in [6, 6.07) is 25.7. The van der Waals surface area contributed by atoms with E-state index in [9.17, 15) is 19.5 Å². The summed E-state index contributed by atoms with van der Waals surface area (Å²) in [5.74, 6) is 0.607. The molecule has 0 radical (unpaired) electrons. The minimum Gasteiger partial charge on any atom is -0.497 e. The van der Waals surface area contributed by atoms with Crippen LogP contribution in [-0.2, 0) is 31.3 Å². The molecule has 1 saturated heterocycles. The number of nitrogens with one attached hydrogen (secondary N) is 2. The van der Waals surface area contributed by atoms with Gasteiger partial charge in [0.1, 0.15) is 23.4 Å². The van der Waals surface area contributed by atoms with Crippen molar-refractivity contribution in [2.24, 2.45) is 0 Å². The number of benzene rings is 3. The maximum absolute atomic E-state index is 13.1. The van der Waals surface area contributed by atoms with Crippen molar-refractivity contribution in [2.45, 2.75) is 76.9 Å². The van der Waals surface area contributed by atoms with E-state index in [-0.39, 0.29) is 48.9 Å². The van der Waals surface area contributed by atoms with Crippen LogP contribution in [0.4, 0.5) is 5.95 Å². The molecule has 51 heavy (non-hydrogen) atoms. The van der Waals surface area contributed by atoms with E-state index in [1.54, 1.807) is 7.11 Å². The van der Waals surface area contributed by atoms with Crippen LogP contribution in [0, 0.1) is 6.92 Å². The molecule has 0 bridgehead atoms. The SMILES string of the molecule is COc1ccc(C(OC[C@@H]2CC[C@H](n3cc(C)c4c(=O)[nH]c(NC(=O)CCCCC(C)=O)nc43)O2)(c2ccccc2)c2ccc(CO)cc2)cc1. The zero-order valence-electron chi connectivity index (χ0n) is 29.2. The second-order valence-electron chi connectivity index (χ2n) is 13.0. The maximum Gasteiger partial charge on any atom is 0.262 e. The summed E-state index contributed by atoms with van der Waals surface area (Å²) in [5.41, 5.74) is 3.36. The number of aliphatic hydroxyl groups is 1. The molecule has 5 aromatic rings. The highest BCUT2D eigenvalue weighted by Gasteiger charge is 2.40. The molecule has 1 fully saturated rings. The minimum absolute atomic E-state index is 0.0658. The lowest BCUT2D eigenvalue weighted by molar-refractivity contribution is -0.118. The predicted octanol–water partition coefficient (Wildman–Crippen LogP) is 6.31. The highest BCUT2D eigenvalue weighted by Crippen LogP contribution is 2.42. The van der Waals surface area contributed by atoms with Crippen molar-refractivity contribution >= 4 is 28.7 Å². The van der Waals surface area contributed by atoms with E-state index in [2.05, 4.69) is 15.3 Å². The largest absolute Gasteiger partial charge is 0.497 e. The molecule has 1 aliphatic rings. The predicted molar refractivity (Wildman–Crippen MR) is 194 cm³/mol. The number of aromatic amines is 1. The molecule has 0 spiro atoms. The molecule has 6 rings (SSSR count). The molecular formula is C40H44N4O7. The summed E-state index contributed by atoms with van der Waals surface area (Å²) in [6.07, 6.45) is 4.38. The first-order valence-electron chi connectivity index (χ1n) is 17.3. The second-order valence-corrected chi connectivity index (χ2v) is 13.0. The zero-order chi connectivity index (χ0) is 36.0. The second kappa shape index (κ2) is 15.8. The van der Waals surface area contributed by atoms with Crippen LogP contribution in [0.5, 0.6) is 5.75 Å². The smallest absolute Gasteiger partial charge is 0.262 e. The Labute approximate surface area is 296 Å². The first kappa shape index (κ1) is 35.7. The summed E-state index contributed by atoms with van der Waals surface area (Å²) >= 11 is 0. The van der Waals surface area contributed by atoms with Crippen LogP contribution in [0.15, 0.2) is 89.9 Å². The molecule has 3 aromatic carbocycles. The van der Waals surface area contributed by atoms with Crippen LogP contribution in [0.3, 0.4) is 0 Å². The fourth-order valence-corrected chi connectivity index (χ4v) is 6.80. The molecule has 1 aliphatic heterocycles. The normalized spacial score (nSPS) is 16.9. The number of ketones is 1. The highest BCUT2D eigenvalue weighted by atomic mass is 16.6. The number of methoxy groups -OCH3 is 1. The number of ether oxygens (including phenoxy) is 3. The van der Waals surface area contributed by atoms with Crippen molar-refractivity contribution in [1.82, 2.24) is 14.5 Å². The van der Waals surface area contributed by atoms with Crippen LogP contribution in [0.2, 0.25) is 0 Å². The number of Topliss-reactive ketones (excluding diaryl/α,β-unsaturated/α-hetero) is 1. The third-order valence-corrected chi connectivity index (χ3v) is 9.41. The Bertz CT molecular complexity index is 1970. The number of aliphatic hydroxyl groups excluding tert-OH is 1. The lowest BCUT2D eigenvalue weighted by Crippen LogP contribution is -2.35. The summed E-state index contributed by atoms with van der Waals surface area (Å²) in [5, 5.41) is 12.9. The van der Waals surface area contributed by atoms with E-state index in [4.69, 9.17) is 14.2 Å². The minimum atomic E-state index is -1.01. The molecule has 266 valence electrons. The molecule has 1 amide bonds. The number of hydrogen-bond acceptors (Lipinski definition) is 8. The number of anilines is 1. The fourth-order valence-electron chi connectivity index (χ4n) is 6.80. The van der Waals surface area contributed by atoms with Gasteiger partial charge in [0.2, 0.25) is 11.9 Å². The van der Waals surface area contributed by atoms with Gasteiger partial charge in [-0.05, 0) is 79.5 Å². The third-order valence-electron chi connectivity index (χ3n) is 9.41. The zero-order valence-corrected chi connectivity index (χ0v) is 29.2. The Morgan fingerprint density at radius 3 is 2.31 bits per heavy atom. The lowest BCUT2D eigenvalue weighted by Gasteiger charge is -2.37. The Morgan fingerprint density at radius 1 is 0.980 bits per heavy atom. The molecular weight excluding hydrogens is 648 g/mol. The average molecular weight is 693 g/mol. The Balaban J connectivity index is 1.26. The first-order chi connectivity index (χ1) is 24.7. The molecule has 3 heterocycles. The van der Waals surface area contributed by atoms with E-state index in [0.717, 1.165) is 33.6 Å². The molecule has 11 heteroatoms. The Hall–Kier alpha value is -5.10. The number of unbranched alkanes of at least 4 members (excludes halogenated alkanes) is 1. The molecule has 11 nitrogen and oxygen atoms in total. The molecule has 3 atom stereocenters. The molecule has 0 aliphatic carbocycles. The van der Waals surface area contributed by atoms with E-state index >= 15 is 0 Å². The van der Waals surface area contributed by atoms with E-state index in [1.807, 2.05) is 96.6 Å². The third kappa shape index (κ3) is 7.80. The van der Waals surface area contributed by atoms with Gasteiger partial charge in [-0.2, -0.15) is 4.98 Å². The highest BCUT2D eigenvalue weighted by molar-refractivity contribution is 5.90. The summed E-state index contributed by atoms with van der Waals surface area (Å²) in [4.78, 5) is 44.3. The van der Waals surface area contributed by atoms with Gasteiger partial charge in [0.15, 0.2) is 5.65 Å². The monoisotopic (exact) mass is 692 g/mol. The number of nitrogens with zero attached hydrogens (tertiary/aromatic N) is 2. The fraction of sp³-hybridized carbons (Fsp3) is 0.350. The Kier molecular flexibility index (Phi) is 11.1. The number of hydrogen-bond donors (Lipinski definition) is 3. The molecule has 0 saturated carbocycles. The molecule has 2 aromatic heterocycles. The van der Waals surface area contributed by atoms with Crippen LogP contribution in [-0.4, -0.2) is 51.2 Å². The summed E-state index contributed by atoms with van der Waals surface area (Å²) in [6.45, 7) is 3.58. The first-order valence-corrected chi connectivity index (χ1v) is 17.3. The number of carbonyl (C=O) groups excluding carboxylic acids is 2.